The fourth-order valence-electron chi connectivity index (χ4n) is 2.13. The number of sulfonamides is 1. The van der Waals surface area contributed by atoms with Crippen molar-refractivity contribution in [3.05, 3.63) is 57.9 Å². The fourth-order valence-corrected chi connectivity index (χ4v) is 4.20. The second-order valence-corrected chi connectivity index (χ2v) is 7.83. The molecule has 3 rings (SSSR count). The van der Waals surface area contributed by atoms with E-state index in [4.69, 9.17) is 11.6 Å². The van der Waals surface area contributed by atoms with Crippen molar-refractivity contribution >= 4 is 43.2 Å². The summed E-state index contributed by atoms with van der Waals surface area (Å²) in [4.78, 5) is 0.0495. The highest BCUT2D eigenvalue weighted by atomic mass is 79.9. The second-order valence-electron chi connectivity index (χ2n) is 4.77. The topological polar surface area (TPSA) is 76.4 Å². The van der Waals surface area contributed by atoms with Gasteiger partial charge < -0.3 is 0 Å². The third-order valence-electron chi connectivity index (χ3n) is 3.21. The maximum absolute atomic E-state index is 12.3. The number of rotatable bonds is 5. The Morgan fingerprint density at radius 3 is 2.83 bits per heavy atom. The first-order chi connectivity index (χ1) is 11.0. The van der Waals surface area contributed by atoms with Gasteiger partial charge in [0.25, 0.3) is 0 Å². The largest absolute Gasteiger partial charge is 0.286 e. The fraction of sp³-hybridized carbons (Fsp3) is 0.143. The van der Waals surface area contributed by atoms with Gasteiger partial charge in [0, 0.05) is 23.6 Å². The van der Waals surface area contributed by atoms with Crippen LogP contribution in [0.3, 0.4) is 0 Å². The molecule has 2 heterocycles. The van der Waals surface area contributed by atoms with Crippen molar-refractivity contribution in [3.63, 3.8) is 0 Å². The van der Waals surface area contributed by atoms with E-state index in [1.165, 1.54) is 6.07 Å². The van der Waals surface area contributed by atoms with Crippen LogP contribution in [0.2, 0.25) is 5.02 Å². The van der Waals surface area contributed by atoms with E-state index in [2.05, 4.69) is 30.8 Å². The minimum atomic E-state index is -3.67. The SMILES string of the molecule is O=S(=O)(NCCc1nnc2ccccn12)c1ccc(Br)cc1Cl. The summed E-state index contributed by atoms with van der Waals surface area (Å²) in [6.07, 6.45) is 2.25. The minimum absolute atomic E-state index is 0.0495. The number of aromatic nitrogens is 3. The molecule has 0 aliphatic rings. The van der Waals surface area contributed by atoms with E-state index in [-0.39, 0.29) is 16.5 Å². The first-order valence-corrected chi connectivity index (χ1v) is 9.36. The number of halogens is 2. The Hall–Kier alpha value is -1.48. The van der Waals surface area contributed by atoms with Crippen molar-refractivity contribution < 1.29 is 8.42 Å². The molecule has 6 nitrogen and oxygen atoms in total. The molecule has 0 unspecified atom stereocenters. The summed E-state index contributed by atoms with van der Waals surface area (Å²) in [6.45, 7) is 0.199. The van der Waals surface area contributed by atoms with E-state index >= 15 is 0 Å². The number of benzene rings is 1. The summed E-state index contributed by atoms with van der Waals surface area (Å²) in [5, 5.41) is 8.25. The minimum Gasteiger partial charge on any atom is -0.286 e. The molecule has 0 atom stereocenters. The molecule has 0 aliphatic heterocycles. The van der Waals surface area contributed by atoms with Gasteiger partial charge in [-0.3, -0.25) is 4.40 Å². The van der Waals surface area contributed by atoms with Crippen molar-refractivity contribution in [2.75, 3.05) is 6.54 Å². The lowest BCUT2D eigenvalue weighted by Gasteiger charge is -2.08. The molecule has 3 aromatic rings. The maximum Gasteiger partial charge on any atom is 0.242 e. The predicted molar refractivity (Wildman–Crippen MR) is 91.0 cm³/mol. The molecule has 0 fully saturated rings. The van der Waals surface area contributed by atoms with Crippen LogP contribution in [0.25, 0.3) is 5.65 Å². The summed E-state index contributed by atoms with van der Waals surface area (Å²) in [5.41, 5.74) is 0.723. The number of hydrogen-bond acceptors (Lipinski definition) is 4. The van der Waals surface area contributed by atoms with E-state index in [1.807, 2.05) is 28.8 Å². The Kier molecular flexibility index (Phi) is 4.67. The quantitative estimate of drug-likeness (QED) is 0.695. The molecule has 1 aromatic carbocycles. The molecule has 0 amide bonds. The monoisotopic (exact) mass is 414 g/mol. The molecule has 0 radical (unpaired) electrons. The van der Waals surface area contributed by atoms with E-state index in [0.29, 0.717) is 12.2 Å². The van der Waals surface area contributed by atoms with Gasteiger partial charge in [-0.05, 0) is 30.3 Å². The van der Waals surface area contributed by atoms with Gasteiger partial charge in [0.15, 0.2) is 5.65 Å². The number of pyridine rings is 1. The molecule has 0 aliphatic carbocycles. The third kappa shape index (κ3) is 3.55. The number of nitrogens with zero attached hydrogens (tertiary/aromatic N) is 3. The van der Waals surface area contributed by atoms with Crippen LogP contribution < -0.4 is 4.72 Å². The van der Waals surface area contributed by atoms with Gasteiger partial charge in [-0.25, -0.2) is 13.1 Å². The predicted octanol–water partition coefficient (Wildman–Crippen LogP) is 2.67. The highest BCUT2D eigenvalue weighted by Gasteiger charge is 2.18. The average molecular weight is 416 g/mol. The van der Waals surface area contributed by atoms with Crippen LogP contribution in [0, 0.1) is 0 Å². The number of hydrogen-bond donors (Lipinski definition) is 1. The van der Waals surface area contributed by atoms with Crippen LogP contribution in [0.4, 0.5) is 0 Å². The lowest BCUT2D eigenvalue weighted by Crippen LogP contribution is -2.26. The summed E-state index contributed by atoms with van der Waals surface area (Å²) in [7, 11) is -3.67. The third-order valence-corrected chi connectivity index (χ3v) is 5.65. The Bertz CT molecular complexity index is 958. The van der Waals surface area contributed by atoms with Gasteiger partial charge in [-0.1, -0.05) is 33.6 Å². The van der Waals surface area contributed by atoms with E-state index < -0.39 is 10.0 Å². The smallest absolute Gasteiger partial charge is 0.242 e. The van der Waals surface area contributed by atoms with Crippen LogP contribution in [0.15, 0.2) is 52.0 Å². The summed E-state index contributed by atoms with van der Waals surface area (Å²) >= 11 is 9.24. The van der Waals surface area contributed by atoms with Crippen molar-refractivity contribution in [1.29, 1.82) is 0 Å². The summed E-state index contributed by atoms with van der Waals surface area (Å²) in [5.74, 6) is 0.685. The van der Waals surface area contributed by atoms with Crippen molar-refractivity contribution in [2.24, 2.45) is 0 Å². The van der Waals surface area contributed by atoms with Crippen molar-refractivity contribution in [1.82, 2.24) is 19.3 Å². The Labute approximate surface area is 146 Å². The van der Waals surface area contributed by atoms with Crippen molar-refractivity contribution in [2.45, 2.75) is 11.3 Å². The first kappa shape index (κ1) is 16.4. The molecule has 120 valence electrons. The molecule has 0 bridgehead atoms. The van der Waals surface area contributed by atoms with Gasteiger partial charge in [-0.2, -0.15) is 0 Å². The molecular formula is C14H12BrClN4O2S. The van der Waals surface area contributed by atoms with Crippen LogP contribution in [-0.2, 0) is 16.4 Å². The van der Waals surface area contributed by atoms with E-state index in [1.54, 1.807) is 12.1 Å². The zero-order valence-corrected chi connectivity index (χ0v) is 14.9. The van der Waals surface area contributed by atoms with Gasteiger partial charge >= 0.3 is 0 Å². The molecule has 0 spiro atoms. The van der Waals surface area contributed by atoms with Gasteiger partial charge in [0.1, 0.15) is 10.7 Å². The van der Waals surface area contributed by atoms with Gasteiger partial charge in [0.05, 0.1) is 5.02 Å². The standard InChI is InChI=1S/C14H12BrClN4O2S/c15-10-4-5-12(11(16)9-10)23(21,22)17-7-6-14-19-18-13-3-1-2-8-20(13)14/h1-5,8-9,17H,6-7H2. The highest BCUT2D eigenvalue weighted by Crippen LogP contribution is 2.24. The average Bonchev–Trinajstić information content (AvgIpc) is 2.90. The summed E-state index contributed by atoms with van der Waals surface area (Å²) < 4.78 is 29.7. The van der Waals surface area contributed by atoms with Crippen LogP contribution in [-0.4, -0.2) is 29.6 Å². The zero-order valence-electron chi connectivity index (χ0n) is 11.8. The molecule has 1 N–H and O–H groups in total. The lowest BCUT2D eigenvalue weighted by molar-refractivity contribution is 0.580. The molecule has 23 heavy (non-hydrogen) atoms. The Balaban J connectivity index is 1.72. The molecular weight excluding hydrogens is 404 g/mol. The molecule has 2 aromatic heterocycles. The molecule has 9 heteroatoms. The Morgan fingerprint density at radius 2 is 2.04 bits per heavy atom. The normalized spacial score (nSPS) is 11.9. The molecule has 0 saturated carbocycles. The molecule has 0 saturated heterocycles. The Morgan fingerprint density at radius 1 is 1.22 bits per heavy atom. The first-order valence-electron chi connectivity index (χ1n) is 6.71. The maximum atomic E-state index is 12.3. The van der Waals surface area contributed by atoms with Gasteiger partial charge in [-0.15, -0.1) is 10.2 Å². The van der Waals surface area contributed by atoms with Gasteiger partial charge in [0.2, 0.25) is 10.0 Å². The van der Waals surface area contributed by atoms with Crippen LogP contribution >= 0.6 is 27.5 Å². The van der Waals surface area contributed by atoms with E-state index in [9.17, 15) is 8.42 Å². The lowest BCUT2D eigenvalue weighted by atomic mass is 10.4. The number of fused-ring (bicyclic) bond motifs is 1. The highest BCUT2D eigenvalue weighted by molar-refractivity contribution is 9.10. The van der Waals surface area contributed by atoms with Crippen LogP contribution in [0.1, 0.15) is 5.82 Å². The number of nitrogens with one attached hydrogen (secondary N) is 1. The zero-order chi connectivity index (χ0) is 16.4. The van der Waals surface area contributed by atoms with E-state index in [0.717, 1.165) is 10.1 Å². The summed E-state index contributed by atoms with van der Waals surface area (Å²) in [6, 6.07) is 10.2. The van der Waals surface area contributed by atoms with Crippen molar-refractivity contribution in [3.8, 4) is 0 Å². The van der Waals surface area contributed by atoms with Crippen LogP contribution in [0.5, 0.6) is 0 Å². The second kappa shape index (κ2) is 6.56.